The normalized spacial score (nSPS) is 20.8. The number of phenolic OH excluding ortho intramolecular Hbond substituents is 2. The van der Waals surface area contributed by atoms with Crippen LogP contribution in [0.15, 0.2) is 77.4 Å². The third-order valence-corrected chi connectivity index (χ3v) is 6.95. The molecular weight excluding hydrogens is 454 g/mol. The molecule has 7 nitrogen and oxygen atoms in total. The van der Waals surface area contributed by atoms with Crippen LogP contribution < -0.4 is 14.5 Å². The number of piperidine rings is 1. The van der Waals surface area contributed by atoms with Crippen LogP contribution in [0.25, 0.3) is 6.08 Å². The number of para-hydroxylation sites is 1. The lowest BCUT2D eigenvalue weighted by atomic mass is 9.83. The summed E-state index contributed by atoms with van der Waals surface area (Å²) in [5, 5.41) is 27.6. The lowest BCUT2D eigenvalue weighted by molar-refractivity contribution is 0.265. The molecule has 2 heterocycles. The van der Waals surface area contributed by atoms with E-state index in [9.17, 15) is 10.2 Å². The van der Waals surface area contributed by atoms with Crippen LogP contribution in [0.1, 0.15) is 24.1 Å². The number of methoxy groups -OCH3 is 2. The monoisotopic (exact) mass is 485 g/mol. The van der Waals surface area contributed by atoms with E-state index >= 15 is 0 Å². The fraction of sp³-hybridized carbons (Fsp3) is 0.276. The molecule has 0 aliphatic carbocycles. The van der Waals surface area contributed by atoms with E-state index in [-0.39, 0.29) is 23.5 Å². The van der Waals surface area contributed by atoms with Crippen molar-refractivity contribution in [3.63, 3.8) is 0 Å². The fourth-order valence-electron chi connectivity index (χ4n) is 5.12. The highest BCUT2D eigenvalue weighted by molar-refractivity contribution is 6.09. The second-order valence-electron chi connectivity index (χ2n) is 9.08. The van der Waals surface area contributed by atoms with Gasteiger partial charge in [0.15, 0.2) is 23.0 Å². The van der Waals surface area contributed by atoms with E-state index in [1.54, 1.807) is 26.4 Å². The molecule has 1 saturated heterocycles. The third-order valence-electron chi connectivity index (χ3n) is 6.95. The Labute approximate surface area is 211 Å². The molecule has 3 aromatic rings. The van der Waals surface area contributed by atoms with Crippen LogP contribution in [0.3, 0.4) is 0 Å². The molecule has 0 radical (unpaired) electrons. The Bertz CT molecular complexity index is 1310. The maximum atomic E-state index is 10.2. The number of aromatic hydroxyl groups is 2. The van der Waals surface area contributed by atoms with Crippen molar-refractivity contribution in [2.24, 2.45) is 11.0 Å². The first-order valence-electron chi connectivity index (χ1n) is 12.1. The average Bonchev–Trinajstić information content (AvgIpc) is 3.30. The summed E-state index contributed by atoms with van der Waals surface area (Å²) in [6.07, 6.45) is 2.14. The van der Waals surface area contributed by atoms with Gasteiger partial charge in [0.1, 0.15) is 0 Å². The van der Waals surface area contributed by atoms with Gasteiger partial charge in [0, 0.05) is 19.0 Å². The standard InChI is InChI=1S/C29H31N3O4/c1-4-31-17-21(14-19-10-12-24(33)26(15-19)35-2)28-23(18-31)29(20-11-13-25(34)27(16-20)36-3)32(30-28)22-8-6-5-7-9-22/h5-16,23,29,33-34H,4,17-18H2,1-3H3/b21-14+. The predicted molar refractivity (Wildman–Crippen MR) is 142 cm³/mol. The highest BCUT2D eigenvalue weighted by atomic mass is 16.5. The smallest absolute Gasteiger partial charge is 0.161 e. The van der Waals surface area contributed by atoms with Gasteiger partial charge < -0.3 is 19.7 Å². The van der Waals surface area contributed by atoms with Gasteiger partial charge in [-0.05, 0) is 65.7 Å². The second kappa shape index (κ2) is 9.95. The largest absolute Gasteiger partial charge is 0.504 e. The highest BCUT2D eigenvalue weighted by Gasteiger charge is 2.44. The number of anilines is 1. The molecule has 2 aliphatic heterocycles. The Hall–Kier alpha value is -3.97. The number of hydrogen-bond acceptors (Lipinski definition) is 7. The Morgan fingerprint density at radius 2 is 1.64 bits per heavy atom. The minimum absolute atomic E-state index is 0.0657. The summed E-state index contributed by atoms with van der Waals surface area (Å²) in [5.74, 6) is 1.23. The molecule has 2 N–H and O–H groups in total. The summed E-state index contributed by atoms with van der Waals surface area (Å²) in [6, 6.07) is 21.0. The minimum Gasteiger partial charge on any atom is -0.504 e. The van der Waals surface area contributed by atoms with Crippen LogP contribution in [-0.4, -0.2) is 54.7 Å². The molecule has 0 aromatic heterocycles. The van der Waals surface area contributed by atoms with Crippen molar-refractivity contribution in [2.75, 3.05) is 38.9 Å². The van der Waals surface area contributed by atoms with Gasteiger partial charge in [0.05, 0.1) is 31.7 Å². The first kappa shape index (κ1) is 23.8. The number of likely N-dealkylation sites (tertiary alicyclic amines) is 1. The fourth-order valence-corrected chi connectivity index (χ4v) is 5.12. The van der Waals surface area contributed by atoms with E-state index in [0.29, 0.717) is 11.5 Å². The van der Waals surface area contributed by atoms with Gasteiger partial charge in [-0.25, -0.2) is 0 Å². The Morgan fingerprint density at radius 3 is 2.33 bits per heavy atom. The van der Waals surface area contributed by atoms with Crippen LogP contribution in [0, 0.1) is 5.92 Å². The Kier molecular flexibility index (Phi) is 6.57. The van der Waals surface area contributed by atoms with Crippen LogP contribution in [0.4, 0.5) is 5.69 Å². The number of fused-ring (bicyclic) bond motifs is 1. The Morgan fingerprint density at radius 1 is 0.944 bits per heavy atom. The number of likely N-dealkylation sites (N-methyl/N-ethyl adjacent to an activating group) is 1. The average molecular weight is 486 g/mol. The zero-order valence-corrected chi connectivity index (χ0v) is 20.8. The van der Waals surface area contributed by atoms with Gasteiger partial charge in [-0.1, -0.05) is 37.3 Å². The van der Waals surface area contributed by atoms with Crippen molar-refractivity contribution in [3.8, 4) is 23.0 Å². The molecule has 2 aliphatic rings. The van der Waals surface area contributed by atoms with Crippen LogP contribution in [0.5, 0.6) is 23.0 Å². The number of phenols is 2. The third kappa shape index (κ3) is 4.38. The van der Waals surface area contributed by atoms with Crippen molar-refractivity contribution in [1.82, 2.24) is 4.90 Å². The zero-order chi connectivity index (χ0) is 25.2. The summed E-state index contributed by atoms with van der Waals surface area (Å²) in [5.41, 5.74) is 5.16. The van der Waals surface area contributed by atoms with Crippen molar-refractivity contribution < 1.29 is 19.7 Å². The SMILES string of the molecule is CCN1C/C(=C\c2ccc(O)c(OC)c2)C2=NN(c3ccccc3)C(c3ccc(O)c(OC)c3)C2C1. The van der Waals surface area contributed by atoms with E-state index in [1.165, 1.54) is 0 Å². The van der Waals surface area contributed by atoms with Gasteiger partial charge >= 0.3 is 0 Å². The van der Waals surface area contributed by atoms with E-state index < -0.39 is 0 Å². The molecule has 3 aromatic carbocycles. The molecule has 1 fully saturated rings. The van der Waals surface area contributed by atoms with Crippen LogP contribution in [-0.2, 0) is 0 Å². The van der Waals surface area contributed by atoms with Crippen molar-refractivity contribution in [1.29, 1.82) is 0 Å². The maximum Gasteiger partial charge on any atom is 0.161 e. The molecule has 186 valence electrons. The number of ether oxygens (including phenoxy) is 2. The first-order valence-corrected chi connectivity index (χ1v) is 12.1. The molecule has 0 amide bonds. The summed E-state index contributed by atoms with van der Waals surface area (Å²) in [4.78, 5) is 2.42. The summed E-state index contributed by atoms with van der Waals surface area (Å²) in [6.45, 7) is 4.73. The van der Waals surface area contributed by atoms with E-state index in [2.05, 4.69) is 35.0 Å². The van der Waals surface area contributed by atoms with Crippen LogP contribution in [0.2, 0.25) is 0 Å². The van der Waals surface area contributed by atoms with E-state index in [4.69, 9.17) is 14.6 Å². The molecule has 0 saturated carbocycles. The number of hydrazone groups is 1. The second-order valence-corrected chi connectivity index (χ2v) is 9.08. The lowest BCUT2D eigenvalue weighted by Gasteiger charge is -2.36. The molecule has 2 atom stereocenters. The van der Waals surface area contributed by atoms with Gasteiger partial charge in [-0.3, -0.25) is 9.91 Å². The summed E-state index contributed by atoms with van der Waals surface area (Å²) >= 11 is 0. The van der Waals surface area contributed by atoms with Crippen LogP contribution >= 0.6 is 0 Å². The molecule has 5 rings (SSSR count). The molecule has 2 unspecified atom stereocenters. The highest BCUT2D eigenvalue weighted by Crippen LogP contribution is 2.45. The number of nitrogens with zero attached hydrogens (tertiary/aromatic N) is 3. The lowest BCUT2D eigenvalue weighted by Crippen LogP contribution is -2.43. The predicted octanol–water partition coefficient (Wildman–Crippen LogP) is 5.07. The van der Waals surface area contributed by atoms with E-state index in [1.807, 2.05) is 42.5 Å². The zero-order valence-electron chi connectivity index (χ0n) is 20.8. The van der Waals surface area contributed by atoms with Crippen molar-refractivity contribution >= 4 is 17.5 Å². The van der Waals surface area contributed by atoms with Gasteiger partial charge in [-0.15, -0.1) is 0 Å². The summed E-state index contributed by atoms with van der Waals surface area (Å²) < 4.78 is 10.8. The van der Waals surface area contributed by atoms with Gasteiger partial charge in [-0.2, -0.15) is 5.10 Å². The summed E-state index contributed by atoms with van der Waals surface area (Å²) in [7, 11) is 3.12. The first-order chi connectivity index (χ1) is 17.5. The number of benzene rings is 3. The molecule has 0 spiro atoms. The maximum absolute atomic E-state index is 10.2. The number of hydrogen-bond donors (Lipinski definition) is 2. The topological polar surface area (TPSA) is 77.8 Å². The minimum atomic E-state index is -0.0657. The van der Waals surface area contributed by atoms with E-state index in [0.717, 1.165) is 47.7 Å². The molecular formula is C29H31N3O4. The molecule has 36 heavy (non-hydrogen) atoms. The number of rotatable bonds is 6. The van der Waals surface area contributed by atoms with Gasteiger partial charge in [0.25, 0.3) is 0 Å². The quantitative estimate of drug-likeness (QED) is 0.508. The Balaban J connectivity index is 1.63. The van der Waals surface area contributed by atoms with Crippen molar-refractivity contribution in [2.45, 2.75) is 13.0 Å². The molecule has 0 bridgehead atoms. The van der Waals surface area contributed by atoms with Crippen molar-refractivity contribution in [3.05, 3.63) is 83.4 Å². The molecule has 7 heteroatoms. The van der Waals surface area contributed by atoms with Gasteiger partial charge in [0.2, 0.25) is 0 Å².